The van der Waals surface area contributed by atoms with Crippen LogP contribution in [0.4, 0.5) is 5.95 Å². The number of aliphatic hydroxyl groups is 1. The van der Waals surface area contributed by atoms with Gasteiger partial charge >= 0.3 is 0 Å². The van der Waals surface area contributed by atoms with Gasteiger partial charge in [0.1, 0.15) is 0 Å². The Morgan fingerprint density at radius 2 is 1.88 bits per heavy atom. The standard InChI is InChI=1S/C21H28N4O/c1-16-14-25(10-9-21(16,26)19-7-8-19)15-18-12-23-20(24-13-18)22-11-17-5-3-2-4-6-17/h2-6,12-13,16,19,26H,7-11,14-15H2,1H3,(H,22,23,24)/t16-,21+/m0/s1. The fourth-order valence-electron chi connectivity index (χ4n) is 4.12. The number of piperidine rings is 1. The van der Waals surface area contributed by atoms with Crippen molar-refractivity contribution in [1.82, 2.24) is 14.9 Å². The highest BCUT2D eigenvalue weighted by molar-refractivity contribution is 5.28. The van der Waals surface area contributed by atoms with Crippen LogP contribution in [0.1, 0.15) is 37.3 Å². The molecule has 1 saturated carbocycles. The van der Waals surface area contributed by atoms with Gasteiger partial charge in [0.25, 0.3) is 0 Å². The van der Waals surface area contributed by atoms with Gasteiger partial charge in [-0.3, -0.25) is 4.90 Å². The van der Waals surface area contributed by atoms with Crippen molar-refractivity contribution in [2.45, 2.75) is 44.9 Å². The number of nitrogens with zero attached hydrogens (tertiary/aromatic N) is 3. The molecule has 5 nitrogen and oxygen atoms in total. The summed E-state index contributed by atoms with van der Waals surface area (Å²) in [4.78, 5) is 11.3. The van der Waals surface area contributed by atoms with Crippen LogP contribution in [0, 0.1) is 11.8 Å². The minimum absolute atomic E-state index is 0.330. The largest absolute Gasteiger partial charge is 0.389 e. The van der Waals surface area contributed by atoms with E-state index < -0.39 is 5.60 Å². The minimum Gasteiger partial charge on any atom is -0.389 e. The normalized spacial score (nSPS) is 26.6. The molecule has 2 atom stereocenters. The van der Waals surface area contributed by atoms with Crippen molar-refractivity contribution in [1.29, 1.82) is 0 Å². The number of aromatic nitrogens is 2. The number of rotatable bonds is 6. The highest BCUT2D eigenvalue weighted by Gasteiger charge is 2.49. The average molecular weight is 352 g/mol. The maximum atomic E-state index is 10.9. The summed E-state index contributed by atoms with van der Waals surface area (Å²) in [6.07, 6.45) is 7.11. The predicted molar refractivity (Wildman–Crippen MR) is 103 cm³/mol. The summed E-state index contributed by atoms with van der Waals surface area (Å²) in [6.45, 7) is 5.66. The summed E-state index contributed by atoms with van der Waals surface area (Å²) in [7, 11) is 0. The van der Waals surface area contributed by atoms with E-state index in [2.05, 4.69) is 39.2 Å². The molecule has 2 aliphatic rings. The van der Waals surface area contributed by atoms with Crippen molar-refractivity contribution in [3.8, 4) is 0 Å². The first-order chi connectivity index (χ1) is 12.6. The summed E-state index contributed by atoms with van der Waals surface area (Å²) in [6, 6.07) is 10.3. The van der Waals surface area contributed by atoms with E-state index in [1.54, 1.807) is 0 Å². The Labute approximate surface area is 155 Å². The fraction of sp³-hybridized carbons (Fsp3) is 0.524. The summed E-state index contributed by atoms with van der Waals surface area (Å²) in [5.41, 5.74) is 1.91. The zero-order valence-electron chi connectivity index (χ0n) is 15.4. The third kappa shape index (κ3) is 3.89. The molecular weight excluding hydrogens is 324 g/mol. The van der Waals surface area contributed by atoms with Crippen molar-refractivity contribution in [3.63, 3.8) is 0 Å². The molecule has 2 aromatic rings. The molecule has 138 valence electrons. The van der Waals surface area contributed by atoms with Gasteiger partial charge in [-0.2, -0.15) is 0 Å². The number of hydrogen-bond acceptors (Lipinski definition) is 5. The second-order valence-electron chi connectivity index (χ2n) is 7.91. The van der Waals surface area contributed by atoms with Crippen molar-refractivity contribution in [2.75, 3.05) is 18.4 Å². The van der Waals surface area contributed by atoms with Gasteiger partial charge in [0.2, 0.25) is 5.95 Å². The molecule has 0 unspecified atom stereocenters. The van der Waals surface area contributed by atoms with Crippen LogP contribution in [0.15, 0.2) is 42.7 Å². The number of anilines is 1. The number of nitrogens with one attached hydrogen (secondary N) is 1. The van der Waals surface area contributed by atoms with E-state index in [0.717, 1.165) is 38.2 Å². The monoisotopic (exact) mass is 352 g/mol. The van der Waals surface area contributed by atoms with Gasteiger partial charge in [-0.05, 0) is 36.7 Å². The molecular formula is C21H28N4O. The summed E-state index contributed by atoms with van der Waals surface area (Å²) >= 11 is 0. The quantitative estimate of drug-likeness (QED) is 0.837. The third-order valence-corrected chi connectivity index (χ3v) is 5.90. The van der Waals surface area contributed by atoms with Crippen molar-refractivity contribution >= 4 is 5.95 Å². The van der Waals surface area contributed by atoms with Gasteiger partial charge in [0.15, 0.2) is 0 Å². The Hall–Kier alpha value is -1.98. The first kappa shape index (κ1) is 17.4. The highest BCUT2D eigenvalue weighted by atomic mass is 16.3. The molecule has 1 aliphatic heterocycles. The van der Waals surface area contributed by atoms with Crippen LogP contribution in [-0.2, 0) is 13.1 Å². The SMILES string of the molecule is C[C@H]1CN(Cc2cnc(NCc3ccccc3)nc2)CC[C@]1(O)C1CC1. The Balaban J connectivity index is 1.29. The molecule has 5 heteroatoms. The van der Waals surface area contributed by atoms with Crippen LogP contribution in [0.2, 0.25) is 0 Å². The molecule has 0 amide bonds. The number of likely N-dealkylation sites (tertiary alicyclic amines) is 1. The molecule has 1 saturated heterocycles. The average Bonchev–Trinajstić information content (AvgIpc) is 3.51. The summed E-state index contributed by atoms with van der Waals surface area (Å²) in [5, 5.41) is 14.2. The summed E-state index contributed by atoms with van der Waals surface area (Å²) < 4.78 is 0. The first-order valence-corrected chi connectivity index (χ1v) is 9.67. The lowest BCUT2D eigenvalue weighted by atomic mass is 9.78. The molecule has 0 bridgehead atoms. The van der Waals surface area contributed by atoms with Crippen LogP contribution in [0.25, 0.3) is 0 Å². The lowest BCUT2D eigenvalue weighted by molar-refractivity contribution is -0.0833. The minimum atomic E-state index is -0.432. The van der Waals surface area contributed by atoms with Gasteiger partial charge in [0, 0.05) is 44.1 Å². The first-order valence-electron chi connectivity index (χ1n) is 9.67. The second-order valence-corrected chi connectivity index (χ2v) is 7.91. The van der Waals surface area contributed by atoms with Crippen LogP contribution in [0.3, 0.4) is 0 Å². The zero-order valence-corrected chi connectivity index (χ0v) is 15.4. The van der Waals surface area contributed by atoms with Gasteiger partial charge < -0.3 is 10.4 Å². The van der Waals surface area contributed by atoms with E-state index in [1.807, 2.05) is 30.6 Å². The molecule has 2 fully saturated rings. The van der Waals surface area contributed by atoms with Crippen molar-refractivity contribution in [3.05, 3.63) is 53.9 Å². The van der Waals surface area contributed by atoms with Crippen molar-refractivity contribution < 1.29 is 5.11 Å². The second kappa shape index (κ2) is 7.33. The Morgan fingerprint density at radius 1 is 1.15 bits per heavy atom. The molecule has 2 N–H and O–H groups in total. The van der Waals surface area contributed by atoms with Gasteiger partial charge in [-0.1, -0.05) is 37.3 Å². The van der Waals surface area contributed by atoms with Gasteiger partial charge in [0.05, 0.1) is 5.60 Å². The maximum absolute atomic E-state index is 10.9. The van der Waals surface area contributed by atoms with Crippen LogP contribution >= 0.6 is 0 Å². The smallest absolute Gasteiger partial charge is 0.222 e. The molecule has 1 aromatic heterocycles. The van der Waals surface area contributed by atoms with Gasteiger partial charge in [-0.15, -0.1) is 0 Å². The highest BCUT2D eigenvalue weighted by Crippen LogP contribution is 2.47. The van der Waals surface area contributed by atoms with E-state index in [-0.39, 0.29) is 0 Å². The lowest BCUT2D eigenvalue weighted by Gasteiger charge is -2.43. The molecule has 0 spiro atoms. The molecule has 2 heterocycles. The Morgan fingerprint density at radius 3 is 2.54 bits per heavy atom. The number of benzene rings is 1. The van der Waals surface area contributed by atoms with E-state index in [9.17, 15) is 5.11 Å². The number of hydrogen-bond donors (Lipinski definition) is 2. The van der Waals surface area contributed by atoms with Crippen LogP contribution in [-0.4, -0.2) is 38.7 Å². The Kier molecular flexibility index (Phi) is 4.92. The molecule has 0 radical (unpaired) electrons. The predicted octanol–water partition coefficient (Wildman–Crippen LogP) is 3.07. The van der Waals surface area contributed by atoms with E-state index in [1.165, 1.54) is 18.4 Å². The molecule has 1 aromatic carbocycles. The van der Waals surface area contributed by atoms with E-state index >= 15 is 0 Å². The zero-order chi connectivity index (χ0) is 18.0. The summed E-state index contributed by atoms with van der Waals surface area (Å²) in [5.74, 6) is 1.53. The van der Waals surface area contributed by atoms with Crippen LogP contribution < -0.4 is 5.32 Å². The topological polar surface area (TPSA) is 61.3 Å². The lowest BCUT2D eigenvalue weighted by Crippen LogP contribution is -2.51. The molecule has 26 heavy (non-hydrogen) atoms. The fourth-order valence-corrected chi connectivity index (χ4v) is 4.12. The van der Waals surface area contributed by atoms with Crippen molar-refractivity contribution in [2.24, 2.45) is 11.8 Å². The van der Waals surface area contributed by atoms with Crippen LogP contribution in [0.5, 0.6) is 0 Å². The molecule has 1 aliphatic carbocycles. The van der Waals surface area contributed by atoms with E-state index in [4.69, 9.17) is 0 Å². The van der Waals surface area contributed by atoms with Gasteiger partial charge in [-0.25, -0.2) is 9.97 Å². The third-order valence-electron chi connectivity index (χ3n) is 5.90. The van der Waals surface area contributed by atoms with E-state index in [0.29, 0.717) is 17.8 Å². The molecule has 4 rings (SSSR count). The Bertz CT molecular complexity index is 717. The maximum Gasteiger partial charge on any atom is 0.222 e.